The van der Waals surface area contributed by atoms with Gasteiger partial charge in [0.05, 0.1) is 6.61 Å². The molecule has 0 aliphatic carbocycles. The van der Waals surface area contributed by atoms with Crippen LogP contribution in [-0.4, -0.2) is 31.3 Å². The van der Waals surface area contributed by atoms with Crippen LogP contribution in [0.25, 0.3) is 0 Å². The summed E-state index contributed by atoms with van der Waals surface area (Å²) in [5.41, 5.74) is 2.18. The summed E-state index contributed by atoms with van der Waals surface area (Å²) in [4.78, 5) is 12.5. The Bertz CT molecular complexity index is 161. The third-order valence-electron chi connectivity index (χ3n) is 2.84. The van der Waals surface area contributed by atoms with Gasteiger partial charge in [-0.3, -0.25) is 14.6 Å². The number of hydrogen-bond acceptors (Lipinski definition) is 4. The third kappa shape index (κ3) is 6.84. The van der Waals surface area contributed by atoms with Crippen molar-refractivity contribution >= 4 is 0 Å². The van der Waals surface area contributed by atoms with Gasteiger partial charge in [0.15, 0.2) is 0 Å². The fraction of sp³-hybridized carbons (Fsp3) is 1.00. The summed E-state index contributed by atoms with van der Waals surface area (Å²) in [6.07, 6.45) is 2.24. The lowest BCUT2D eigenvalue weighted by molar-refractivity contribution is -0.263. The molecule has 0 bridgehead atoms. The van der Waals surface area contributed by atoms with Crippen LogP contribution in [0.1, 0.15) is 40.5 Å². The molecule has 1 N–H and O–H groups in total. The molecule has 0 rings (SSSR count). The molecule has 0 aliphatic heterocycles. The predicted molar refractivity (Wildman–Crippen MR) is 62.0 cm³/mol. The van der Waals surface area contributed by atoms with Gasteiger partial charge >= 0.3 is 0 Å². The van der Waals surface area contributed by atoms with E-state index < -0.39 is 0 Å². The molecule has 0 fully saturated rings. The molecule has 0 aromatic carbocycles. The lowest BCUT2D eigenvalue weighted by atomic mass is 10.1. The van der Waals surface area contributed by atoms with E-state index in [1.807, 2.05) is 32.8 Å². The van der Waals surface area contributed by atoms with Gasteiger partial charge in [0.1, 0.15) is 5.72 Å². The van der Waals surface area contributed by atoms with Crippen molar-refractivity contribution in [2.75, 3.05) is 20.7 Å². The van der Waals surface area contributed by atoms with Crippen molar-refractivity contribution in [2.45, 2.75) is 46.3 Å². The van der Waals surface area contributed by atoms with E-state index in [-0.39, 0.29) is 5.72 Å². The first-order chi connectivity index (χ1) is 6.90. The van der Waals surface area contributed by atoms with Crippen LogP contribution in [0.3, 0.4) is 0 Å². The van der Waals surface area contributed by atoms with Gasteiger partial charge in [-0.2, -0.15) is 0 Å². The number of rotatable bonds is 8. The van der Waals surface area contributed by atoms with E-state index >= 15 is 0 Å². The fourth-order valence-corrected chi connectivity index (χ4v) is 0.729. The molecule has 0 saturated carbocycles. The van der Waals surface area contributed by atoms with E-state index in [2.05, 4.69) is 19.5 Å². The average Bonchev–Trinajstić information content (AvgIpc) is 2.16. The van der Waals surface area contributed by atoms with Crippen LogP contribution in [0, 0.1) is 5.92 Å². The van der Waals surface area contributed by atoms with Crippen molar-refractivity contribution in [3.8, 4) is 0 Å². The Morgan fingerprint density at radius 1 is 1.33 bits per heavy atom. The molecule has 92 valence electrons. The number of nitrogens with one attached hydrogen (secondary N) is 1. The van der Waals surface area contributed by atoms with E-state index in [0.29, 0.717) is 12.5 Å². The Morgan fingerprint density at radius 2 is 1.93 bits per heavy atom. The molecule has 0 aromatic rings. The number of nitrogens with zero attached hydrogens (tertiary/aromatic N) is 1. The minimum Gasteiger partial charge on any atom is -0.281 e. The van der Waals surface area contributed by atoms with Gasteiger partial charge in [0.25, 0.3) is 0 Å². The maximum absolute atomic E-state index is 5.36. The lowest BCUT2D eigenvalue weighted by Gasteiger charge is -2.31. The Labute approximate surface area is 93.8 Å². The van der Waals surface area contributed by atoms with Gasteiger partial charge in [-0.1, -0.05) is 25.9 Å². The molecule has 0 amide bonds. The van der Waals surface area contributed by atoms with Crippen molar-refractivity contribution in [3.63, 3.8) is 0 Å². The smallest absolute Gasteiger partial charge is 0.139 e. The average molecular weight is 218 g/mol. The quantitative estimate of drug-likeness (QED) is 0.384. The Balaban J connectivity index is 3.46. The van der Waals surface area contributed by atoms with Gasteiger partial charge < -0.3 is 0 Å². The first-order valence-corrected chi connectivity index (χ1v) is 5.62. The molecule has 15 heavy (non-hydrogen) atoms. The Morgan fingerprint density at radius 3 is 2.40 bits per heavy atom. The molecule has 0 aromatic heterocycles. The molecule has 0 heterocycles. The predicted octanol–water partition coefficient (Wildman–Crippen LogP) is 2.17. The first kappa shape index (κ1) is 14.8. The molecule has 0 aliphatic rings. The van der Waals surface area contributed by atoms with Crippen LogP contribution in [0.4, 0.5) is 0 Å². The van der Waals surface area contributed by atoms with Gasteiger partial charge in [0, 0.05) is 0 Å². The van der Waals surface area contributed by atoms with Gasteiger partial charge in [-0.15, -0.1) is 0 Å². The largest absolute Gasteiger partial charge is 0.281 e. The van der Waals surface area contributed by atoms with E-state index in [4.69, 9.17) is 9.68 Å². The molecule has 1 unspecified atom stereocenters. The summed E-state index contributed by atoms with van der Waals surface area (Å²) in [7, 11) is 3.92. The summed E-state index contributed by atoms with van der Waals surface area (Å²) in [6.45, 7) is 9.02. The van der Waals surface area contributed by atoms with Gasteiger partial charge in [-0.25, -0.2) is 0 Å². The molecule has 0 saturated heterocycles. The topological polar surface area (TPSA) is 33.7 Å². The highest BCUT2D eigenvalue weighted by Gasteiger charge is 2.21. The fourth-order valence-electron chi connectivity index (χ4n) is 0.729. The molecular weight excluding hydrogens is 192 g/mol. The summed E-state index contributed by atoms with van der Waals surface area (Å²) < 4.78 is 0. The molecular formula is C11H26N2O2. The van der Waals surface area contributed by atoms with Crippen molar-refractivity contribution in [2.24, 2.45) is 5.92 Å². The molecule has 0 radical (unpaired) electrons. The van der Waals surface area contributed by atoms with Crippen LogP contribution < -0.4 is 5.64 Å². The molecule has 1 atom stereocenters. The van der Waals surface area contributed by atoms with Gasteiger partial charge in [0.2, 0.25) is 0 Å². The van der Waals surface area contributed by atoms with Crippen molar-refractivity contribution in [3.05, 3.63) is 0 Å². The summed E-state index contributed by atoms with van der Waals surface area (Å²) in [6, 6.07) is 0. The summed E-state index contributed by atoms with van der Waals surface area (Å²) >= 11 is 0. The second kappa shape index (κ2) is 7.17. The van der Waals surface area contributed by atoms with Crippen LogP contribution in [0.15, 0.2) is 0 Å². The van der Waals surface area contributed by atoms with E-state index in [0.717, 1.165) is 6.42 Å². The summed E-state index contributed by atoms with van der Waals surface area (Å²) in [5.74, 6) is 0.702. The standard InChI is InChI=1S/C11H26N2O2/c1-7-10(2)8-9-14-12-15-11(3,4)13(5)6/h10,12H,7-9H2,1-6H3. The Kier molecular flexibility index (Phi) is 7.09. The third-order valence-corrected chi connectivity index (χ3v) is 2.84. The Hall–Kier alpha value is -0.160. The van der Waals surface area contributed by atoms with Crippen LogP contribution >= 0.6 is 0 Å². The van der Waals surface area contributed by atoms with E-state index in [1.54, 1.807) is 0 Å². The highest BCUT2D eigenvalue weighted by Crippen LogP contribution is 2.10. The maximum Gasteiger partial charge on any atom is 0.139 e. The monoisotopic (exact) mass is 218 g/mol. The highest BCUT2D eigenvalue weighted by molar-refractivity contribution is 4.61. The molecule has 4 heteroatoms. The summed E-state index contributed by atoms with van der Waals surface area (Å²) in [5, 5.41) is 0. The zero-order valence-electron chi connectivity index (χ0n) is 11.0. The van der Waals surface area contributed by atoms with E-state index in [9.17, 15) is 0 Å². The minimum absolute atomic E-state index is 0.365. The van der Waals surface area contributed by atoms with Crippen molar-refractivity contribution in [1.82, 2.24) is 10.5 Å². The maximum atomic E-state index is 5.36. The van der Waals surface area contributed by atoms with Crippen LogP contribution in [0.2, 0.25) is 0 Å². The zero-order chi connectivity index (χ0) is 11.9. The number of hydrogen-bond donors (Lipinski definition) is 1. The van der Waals surface area contributed by atoms with Crippen LogP contribution in [0.5, 0.6) is 0 Å². The second-order valence-electron chi connectivity index (χ2n) is 4.68. The normalized spacial score (nSPS) is 14.6. The van der Waals surface area contributed by atoms with Crippen molar-refractivity contribution in [1.29, 1.82) is 0 Å². The van der Waals surface area contributed by atoms with E-state index in [1.165, 1.54) is 6.42 Å². The second-order valence-corrected chi connectivity index (χ2v) is 4.68. The molecule has 0 spiro atoms. The van der Waals surface area contributed by atoms with Gasteiger partial charge in [-0.05, 0) is 40.3 Å². The minimum atomic E-state index is -0.365. The SMILES string of the molecule is CCC(C)CCONOC(C)(C)N(C)C. The molecule has 4 nitrogen and oxygen atoms in total. The van der Waals surface area contributed by atoms with Crippen LogP contribution in [-0.2, 0) is 9.68 Å². The lowest BCUT2D eigenvalue weighted by Crippen LogP contribution is -2.44. The zero-order valence-corrected chi connectivity index (χ0v) is 11.0. The highest BCUT2D eigenvalue weighted by atomic mass is 16.9. The first-order valence-electron chi connectivity index (χ1n) is 5.62. The van der Waals surface area contributed by atoms with Crippen molar-refractivity contribution < 1.29 is 9.68 Å².